The van der Waals surface area contributed by atoms with Crippen LogP contribution in [0.1, 0.15) is 400 Å². The van der Waals surface area contributed by atoms with Gasteiger partial charge in [0.1, 0.15) is 17.2 Å². The molecule has 7 rings (SSSR count). The highest BCUT2D eigenvalue weighted by molar-refractivity contribution is 7.42. The number of rotatable bonds is 41. The zero-order chi connectivity index (χ0) is 80.5. The third kappa shape index (κ3) is 44.1. The van der Waals surface area contributed by atoms with Crippen molar-refractivity contribution in [1.29, 1.82) is 0 Å². The summed E-state index contributed by atoms with van der Waals surface area (Å²) < 4.78 is 82.3. The molecule has 0 N–H and O–H groups in total. The lowest BCUT2D eigenvalue weighted by Gasteiger charge is -2.41. The SMILES string of the molecule is C.C.C.CC(C)(C)c1ccc(OP)c(C(C)(C)C)c1.CC(C)(C)c1ccc(OP2OCC3(CO2)COP(Oc2ccc(C(C)(C)C)cc2C(C)(C)C)OC3)c(C(C)(C)C)c1.CCCCCCCCCCCCCCCCCCOP1OCC2(CO1)COP(OCCCCCCCCCCCCCCCCCC)OC2.COP. The van der Waals surface area contributed by atoms with E-state index in [-0.39, 0.29) is 65.6 Å². The summed E-state index contributed by atoms with van der Waals surface area (Å²) in [6, 6.07) is 19.4. The summed E-state index contributed by atoms with van der Waals surface area (Å²) in [5, 5.41) is 0. The molecule has 0 aliphatic carbocycles. The third-order valence-electron chi connectivity index (χ3n) is 20.6. The molecule has 4 saturated heterocycles. The minimum Gasteiger partial charge on any atom is -0.480 e. The molecule has 654 valence electrons. The van der Waals surface area contributed by atoms with Crippen molar-refractivity contribution < 1.29 is 63.3 Å². The van der Waals surface area contributed by atoms with Crippen molar-refractivity contribution in [2.45, 2.75) is 399 Å². The number of hydrogen-bond donors (Lipinski definition) is 0. The Morgan fingerprint density at radius 3 is 0.696 bits per heavy atom. The first-order valence-electron chi connectivity index (χ1n) is 42.5. The molecule has 14 nitrogen and oxygen atoms in total. The maximum atomic E-state index is 6.31. The average molecular weight is 1690 g/mol. The Kier molecular flexibility index (Phi) is 56.0. The molecule has 4 aliphatic rings. The topological polar surface area (TPSA) is 129 Å². The summed E-state index contributed by atoms with van der Waals surface area (Å²) in [5.41, 5.74) is 7.10. The third-order valence-corrected chi connectivity index (χ3v) is 25.1. The fourth-order valence-corrected chi connectivity index (χ4v) is 18.4. The lowest BCUT2D eigenvalue weighted by Crippen LogP contribution is -2.45. The van der Waals surface area contributed by atoms with Gasteiger partial charge >= 0.3 is 34.4 Å². The summed E-state index contributed by atoms with van der Waals surface area (Å²) in [5.74, 6) is 2.58. The van der Waals surface area contributed by atoms with Gasteiger partial charge in [-0.2, -0.15) is 0 Å². The second kappa shape index (κ2) is 57.5. The summed E-state index contributed by atoms with van der Waals surface area (Å²) in [4.78, 5) is 0. The van der Waals surface area contributed by atoms with Gasteiger partial charge in [0, 0.05) is 23.8 Å². The molecule has 0 radical (unpaired) electrons. The zero-order valence-corrected chi connectivity index (χ0v) is 78.9. The number of hydrogen-bond acceptors (Lipinski definition) is 14. The van der Waals surface area contributed by atoms with Crippen molar-refractivity contribution >= 4 is 53.3 Å². The second-order valence-corrected chi connectivity index (χ2v) is 43.0. The van der Waals surface area contributed by atoms with Gasteiger partial charge < -0.3 is 63.3 Å². The maximum absolute atomic E-state index is 6.31. The molecule has 0 aromatic heterocycles. The molecule has 20 heteroatoms. The van der Waals surface area contributed by atoms with E-state index in [0.29, 0.717) is 52.9 Å². The van der Waals surface area contributed by atoms with E-state index in [1.165, 1.54) is 215 Å². The molecule has 2 spiro atoms. The molecular formula is C92H172O14P6. The van der Waals surface area contributed by atoms with E-state index >= 15 is 0 Å². The molecule has 3 aromatic rings. The van der Waals surface area contributed by atoms with Gasteiger partial charge in [-0.05, 0) is 89.7 Å². The quantitative estimate of drug-likeness (QED) is 0.0395. The van der Waals surface area contributed by atoms with Crippen LogP contribution >= 0.6 is 53.3 Å². The fraction of sp³-hybridized carbons (Fsp3) is 0.804. The first-order valence-corrected chi connectivity index (χ1v) is 47.9. The molecule has 4 fully saturated rings. The molecule has 2 unspecified atom stereocenters. The fourth-order valence-electron chi connectivity index (χ4n) is 13.2. The average Bonchev–Trinajstić information content (AvgIpc) is 0.793. The van der Waals surface area contributed by atoms with E-state index in [0.717, 1.165) is 54.4 Å². The van der Waals surface area contributed by atoms with E-state index in [9.17, 15) is 0 Å². The van der Waals surface area contributed by atoms with Gasteiger partial charge in [-0.25, -0.2) is 0 Å². The molecule has 3 aromatic carbocycles. The van der Waals surface area contributed by atoms with E-state index in [1.54, 1.807) is 7.11 Å². The molecule has 2 atom stereocenters. The Morgan fingerprint density at radius 2 is 0.491 bits per heavy atom. The minimum atomic E-state index is -1.52. The van der Waals surface area contributed by atoms with E-state index < -0.39 is 34.4 Å². The van der Waals surface area contributed by atoms with Crippen LogP contribution in [0.4, 0.5) is 0 Å². The molecule has 112 heavy (non-hydrogen) atoms. The smallest absolute Gasteiger partial charge is 0.397 e. The van der Waals surface area contributed by atoms with Gasteiger partial charge in [-0.1, -0.05) is 390 Å². The molecular weight excluding hydrogens is 1510 g/mol. The molecule has 0 amide bonds. The lowest BCUT2D eigenvalue weighted by atomic mass is 9.80. The van der Waals surface area contributed by atoms with E-state index in [4.69, 9.17) is 58.8 Å². The lowest BCUT2D eigenvalue weighted by molar-refractivity contribution is -0.0761. The minimum absolute atomic E-state index is 0. The highest BCUT2D eigenvalue weighted by atomic mass is 31.2. The Hall–Kier alpha value is -0.800. The predicted molar refractivity (Wildman–Crippen MR) is 491 cm³/mol. The van der Waals surface area contributed by atoms with Crippen LogP contribution in [-0.4, -0.2) is 73.2 Å². The largest absolute Gasteiger partial charge is 0.480 e. The van der Waals surface area contributed by atoms with E-state index in [2.05, 4.69) is 217 Å². The van der Waals surface area contributed by atoms with Crippen LogP contribution in [-0.2, 0) is 82.3 Å². The van der Waals surface area contributed by atoms with E-state index in [1.807, 2.05) is 0 Å². The summed E-state index contributed by atoms with van der Waals surface area (Å²) in [6.07, 6.45) is 44.1. The van der Waals surface area contributed by atoms with Crippen molar-refractivity contribution in [2.24, 2.45) is 10.8 Å². The molecule has 0 bridgehead atoms. The van der Waals surface area contributed by atoms with Crippen molar-refractivity contribution in [2.75, 3.05) is 73.2 Å². The van der Waals surface area contributed by atoms with Gasteiger partial charge in [0.15, 0.2) is 0 Å². The maximum Gasteiger partial charge on any atom is 0.397 e. The number of unbranched alkanes of at least 4 members (excludes halogenated alkanes) is 30. The van der Waals surface area contributed by atoms with Gasteiger partial charge in [-0.15, -0.1) is 0 Å². The molecule has 4 aliphatic heterocycles. The summed E-state index contributed by atoms with van der Waals surface area (Å²) in [7, 11) is 0.480. The molecule has 4 heterocycles. The van der Waals surface area contributed by atoms with Crippen LogP contribution in [0.3, 0.4) is 0 Å². The van der Waals surface area contributed by atoms with Crippen molar-refractivity contribution in [1.82, 2.24) is 0 Å². The Morgan fingerprint density at radius 1 is 0.295 bits per heavy atom. The highest BCUT2D eigenvalue weighted by Crippen LogP contribution is 2.56. The Bertz CT molecular complexity index is 2670. The summed E-state index contributed by atoms with van der Waals surface area (Å²) >= 11 is 0. The van der Waals surface area contributed by atoms with Gasteiger partial charge in [0.25, 0.3) is 0 Å². The Balaban J connectivity index is 0.000000895. The van der Waals surface area contributed by atoms with Crippen LogP contribution in [0.2, 0.25) is 0 Å². The first kappa shape index (κ1) is 109. The van der Waals surface area contributed by atoms with Crippen molar-refractivity contribution in [3.05, 3.63) is 88.0 Å². The van der Waals surface area contributed by atoms with Crippen LogP contribution in [0, 0.1) is 10.8 Å². The first-order chi connectivity index (χ1) is 51.6. The van der Waals surface area contributed by atoms with Gasteiger partial charge in [0.05, 0.1) is 86.4 Å². The van der Waals surface area contributed by atoms with Crippen LogP contribution in [0.15, 0.2) is 54.6 Å². The molecule has 0 saturated carbocycles. The van der Waals surface area contributed by atoms with Crippen LogP contribution in [0.25, 0.3) is 0 Å². The van der Waals surface area contributed by atoms with Crippen molar-refractivity contribution in [3.8, 4) is 17.2 Å². The normalized spacial score (nSPS) is 20.2. The van der Waals surface area contributed by atoms with Gasteiger partial charge in [0.2, 0.25) is 0 Å². The van der Waals surface area contributed by atoms with Gasteiger partial charge in [-0.3, -0.25) is 0 Å². The Labute approximate surface area is 700 Å². The monoisotopic (exact) mass is 1690 g/mol. The standard InChI is InChI=1S/C41H82O6P2.C33H50O6P2.C14H23OP.CH5OP.3CH4/c1-3-5-7-9-11-13-15-17-19-21-23-25-27-29-31-33-35-42-48-44-37-41(38-45-48)39-46-49(47-40-41)43-36-34-32-30-28-26-24-22-20-18-16-14-12-10-8-6-4-2;1-29(2,3)23-13-15-27(25(17-23)31(7,8)9)38-40-34-19-33(20-35-40)21-36-41(37-22-33)39-28-16-14-24(30(4,5)6)18-26(28)32(10,11)12;1-13(2,3)10-7-8-12(15-16)11(9-10)14(4,5)6;1-2-3;;;/h3-40H2,1-2H3;13-18H,19-22H2,1-12H3;7-9H,16H2,1-6H3;3H2,1H3;3*1H4. The predicted octanol–water partition coefficient (Wildman–Crippen LogP) is 31.7. The van der Waals surface area contributed by atoms with Crippen molar-refractivity contribution in [3.63, 3.8) is 0 Å². The second-order valence-electron chi connectivity index (χ2n) is 37.5. The number of benzene rings is 3. The van der Waals surface area contributed by atoms with Crippen LogP contribution < -0.4 is 13.6 Å². The van der Waals surface area contributed by atoms with Crippen LogP contribution in [0.5, 0.6) is 17.2 Å². The summed E-state index contributed by atoms with van der Waals surface area (Å²) in [6.45, 7) is 50.0. The zero-order valence-electron chi connectivity index (χ0n) is 73.1. The highest BCUT2D eigenvalue weighted by Gasteiger charge is 2.47.